The number of methoxy groups -OCH3 is 1. The molecule has 1 amide bonds. The number of benzene rings is 1. The van der Waals surface area contributed by atoms with Crippen molar-refractivity contribution in [3.05, 3.63) is 39.7 Å². The Morgan fingerprint density at radius 1 is 1.45 bits per heavy atom. The lowest BCUT2D eigenvalue weighted by molar-refractivity contribution is -0.387. The molecule has 20 heavy (non-hydrogen) atoms. The molecular formula is C12H13FN2O5. The second-order valence-corrected chi connectivity index (χ2v) is 3.82. The molecule has 0 N–H and O–H groups in total. The number of esters is 1. The van der Waals surface area contributed by atoms with Crippen LogP contribution in [-0.2, 0) is 9.53 Å². The lowest BCUT2D eigenvalue weighted by Crippen LogP contribution is -2.36. The fourth-order valence-electron chi connectivity index (χ4n) is 1.52. The standard InChI is InChI=1S/C12H13FN2O5/c1-3-14(7-11(16)20-2)12(17)8-4-5-9(13)10(6-8)15(18)19/h4-6H,3,7H2,1-2H3. The van der Waals surface area contributed by atoms with E-state index in [-0.39, 0.29) is 18.7 Å². The third kappa shape index (κ3) is 3.50. The number of halogens is 1. The molecule has 0 radical (unpaired) electrons. The molecule has 0 aromatic heterocycles. The molecule has 0 aliphatic rings. The van der Waals surface area contributed by atoms with Crippen molar-refractivity contribution in [2.24, 2.45) is 0 Å². The van der Waals surface area contributed by atoms with E-state index in [1.54, 1.807) is 6.92 Å². The van der Waals surface area contributed by atoms with Crippen LogP contribution in [-0.4, -0.2) is 41.9 Å². The number of carbonyl (C=O) groups excluding carboxylic acids is 2. The number of hydrogen-bond donors (Lipinski definition) is 0. The molecule has 0 saturated carbocycles. The molecule has 0 aliphatic carbocycles. The quantitative estimate of drug-likeness (QED) is 0.462. The number of nitro benzene ring substituents is 1. The number of carbonyl (C=O) groups is 2. The zero-order valence-corrected chi connectivity index (χ0v) is 11.0. The maximum atomic E-state index is 13.2. The molecule has 0 heterocycles. The van der Waals surface area contributed by atoms with Gasteiger partial charge < -0.3 is 9.64 Å². The number of rotatable bonds is 5. The molecule has 8 heteroatoms. The summed E-state index contributed by atoms with van der Waals surface area (Å²) >= 11 is 0. The molecule has 1 aromatic rings. The number of amides is 1. The summed E-state index contributed by atoms with van der Waals surface area (Å²) in [4.78, 5) is 34.1. The molecule has 0 unspecified atom stereocenters. The third-order valence-corrected chi connectivity index (χ3v) is 2.61. The zero-order valence-electron chi connectivity index (χ0n) is 11.0. The smallest absolute Gasteiger partial charge is 0.325 e. The Hall–Kier alpha value is -2.51. The SMILES string of the molecule is CCN(CC(=O)OC)C(=O)c1ccc(F)c([N+](=O)[O-])c1. The summed E-state index contributed by atoms with van der Waals surface area (Å²) in [6.45, 7) is 1.56. The fourth-order valence-corrected chi connectivity index (χ4v) is 1.52. The second kappa shape index (κ2) is 6.60. The van der Waals surface area contributed by atoms with E-state index in [1.165, 1.54) is 7.11 Å². The lowest BCUT2D eigenvalue weighted by Gasteiger charge is -2.19. The summed E-state index contributed by atoms with van der Waals surface area (Å²) in [5, 5.41) is 10.6. The van der Waals surface area contributed by atoms with Crippen LogP contribution in [0, 0.1) is 15.9 Å². The predicted molar refractivity (Wildman–Crippen MR) is 66.6 cm³/mol. The highest BCUT2D eigenvalue weighted by Gasteiger charge is 2.22. The van der Waals surface area contributed by atoms with Crippen LogP contribution >= 0.6 is 0 Å². The van der Waals surface area contributed by atoms with Gasteiger partial charge in [0.25, 0.3) is 5.91 Å². The Kier molecular flexibility index (Phi) is 5.13. The van der Waals surface area contributed by atoms with Crippen LogP contribution in [0.25, 0.3) is 0 Å². The molecule has 0 spiro atoms. The summed E-state index contributed by atoms with van der Waals surface area (Å²) in [5.41, 5.74) is -0.853. The van der Waals surface area contributed by atoms with Crippen LogP contribution in [0.15, 0.2) is 18.2 Å². The van der Waals surface area contributed by atoms with Crippen molar-refractivity contribution in [3.8, 4) is 0 Å². The number of hydrogen-bond acceptors (Lipinski definition) is 5. The Morgan fingerprint density at radius 2 is 2.10 bits per heavy atom. The van der Waals surface area contributed by atoms with E-state index >= 15 is 0 Å². The molecule has 0 atom stereocenters. The summed E-state index contributed by atoms with van der Waals surface area (Å²) in [7, 11) is 1.18. The Morgan fingerprint density at radius 3 is 2.60 bits per heavy atom. The zero-order chi connectivity index (χ0) is 15.3. The van der Waals surface area contributed by atoms with Gasteiger partial charge >= 0.3 is 11.7 Å². The Balaban J connectivity index is 3.04. The van der Waals surface area contributed by atoms with Crippen LogP contribution in [0.4, 0.5) is 10.1 Å². The van der Waals surface area contributed by atoms with E-state index in [1.807, 2.05) is 0 Å². The highest BCUT2D eigenvalue weighted by atomic mass is 19.1. The molecular weight excluding hydrogens is 271 g/mol. The van der Waals surface area contributed by atoms with Gasteiger partial charge in [-0.15, -0.1) is 0 Å². The number of nitro groups is 1. The third-order valence-electron chi connectivity index (χ3n) is 2.61. The van der Waals surface area contributed by atoms with Gasteiger partial charge in [0.15, 0.2) is 0 Å². The first-order chi connectivity index (χ1) is 9.40. The number of likely N-dealkylation sites (N-methyl/N-ethyl adjacent to an activating group) is 1. The topological polar surface area (TPSA) is 89.8 Å². The van der Waals surface area contributed by atoms with Crippen molar-refractivity contribution in [1.82, 2.24) is 4.90 Å². The minimum absolute atomic E-state index is 0.0659. The normalized spacial score (nSPS) is 9.95. The van der Waals surface area contributed by atoms with Crippen LogP contribution in [0.1, 0.15) is 17.3 Å². The minimum Gasteiger partial charge on any atom is -0.468 e. The van der Waals surface area contributed by atoms with Crippen LogP contribution in [0.5, 0.6) is 0 Å². The largest absolute Gasteiger partial charge is 0.468 e. The molecule has 1 aromatic carbocycles. The van der Waals surface area contributed by atoms with E-state index in [9.17, 15) is 24.1 Å². The van der Waals surface area contributed by atoms with Gasteiger partial charge in [-0.2, -0.15) is 4.39 Å². The summed E-state index contributed by atoms with van der Waals surface area (Å²) in [5.74, 6) is -2.25. The lowest BCUT2D eigenvalue weighted by atomic mass is 10.1. The van der Waals surface area contributed by atoms with Crippen LogP contribution in [0.2, 0.25) is 0 Å². The van der Waals surface area contributed by atoms with Crippen molar-refractivity contribution < 1.29 is 23.6 Å². The molecule has 7 nitrogen and oxygen atoms in total. The maximum absolute atomic E-state index is 13.2. The number of ether oxygens (including phenoxy) is 1. The van der Waals surface area contributed by atoms with Crippen molar-refractivity contribution in [3.63, 3.8) is 0 Å². The molecule has 108 valence electrons. The van der Waals surface area contributed by atoms with Crippen molar-refractivity contribution in [2.75, 3.05) is 20.2 Å². The first kappa shape index (κ1) is 15.5. The van der Waals surface area contributed by atoms with Gasteiger partial charge in [0, 0.05) is 18.2 Å². The highest BCUT2D eigenvalue weighted by molar-refractivity contribution is 5.96. The maximum Gasteiger partial charge on any atom is 0.325 e. The molecule has 1 rings (SSSR count). The average Bonchev–Trinajstić information content (AvgIpc) is 2.43. The van der Waals surface area contributed by atoms with Gasteiger partial charge in [0.2, 0.25) is 5.82 Å². The monoisotopic (exact) mass is 284 g/mol. The van der Waals surface area contributed by atoms with E-state index in [4.69, 9.17) is 0 Å². The minimum atomic E-state index is -1.03. The van der Waals surface area contributed by atoms with E-state index in [0.717, 1.165) is 23.1 Å². The molecule has 0 saturated heterocycles. The first-order valence-electron chi connectivity index (χ1n) is 5.70. The first-order valence-corrected chi connectivity index (χ1v) is 5.70. The molecule has 0 fully saturated rings. The van der Waals surface area contributed by atoms with Crippen molar-refractivity contribution in [1.29, 1.82) is 0 Å². The molecule has 0 aliphatic heterocycles. The van der Waals surface area contributed by atoms with E-state index in [2.05, 4.69) is 4.74 Å². The predicted octanol–water partition coefficient (Wildman–Crippen LogP) is 1.37. The summed E-state index contributed by atoms with van der Waals surface area (Å²) in [6.07, 6.45) is 0. The van der Waals surface area contributed by atoms with Gasteiger partial charge in [-0.1, -0.05) is 0 Å². The van der Waals surface area contributed by atoms with E-state index in [0.29, 0.717) is 0 Å². The van der Waals surface area contributed by atoms with Crippen molar-refractivity contribution in [2.45, 2.75) is 6.92 Å². The average molecular weight is 284 g/mol. The van der Waals surface area contributed by atoms with E-state index < -0.39 is 28.3 Å². The van der Waals surface area contributed by atoms with Crippen LogP contribution in [0.3, 0.4) is 0 Å². The van der Waals surface area contributed by atoms with Gasteiger partial charge in [-0.05, 0) is 19.1 Å². The Bertz CT molecular complexity index is 547. The summed E-state index contributed by atoms with van der Waals surface area (Å²) < 4.78 is 17.6. The van der Waals surface area contributed by atoms with Crippen molar-refractivity contribution >= 4 is 17.6 Å². The van der Waals surface area contributed by atoms with Gasteiger partial charge in [0.05, 0.1) is 12.0 Å². The van der Waals surface area contributed by atoms with Gasteiger partial charge in [0.1, 0.15) is 6.54 Å². The second-order valence-electron chi connectivity index (χ2n) is 3.82. The fraction of sp³-hybridized carbons (Fsp3) is 0.333. The van der Waals surface area contributed by atoms with Gasteiger partial charge in [-0.3, -0.25) is 19.7 Å². The number of nitrogens with zero attached hydrogens (tertiary/aromatic N) is 2. The summed E-state index contributed by atoms with van der Waals surface area (Å²) in [6, 6.07) is 2.82. The van der Waals surface area contributed by atoms with Crippen LogP contribution < -0.4 is 0 Å². The van der Waals surface area contributed by atoms with Gasteiger partial charge in [-0.25, -0.2) is 0 Å². The highest BCUT2D eigenvalue weighted by Crippen LogP contribution is 2.19. The Labute approximate surface area is 114 Å². The molecule has 0 bridgehead atoms.